The SMILES string of the molecule is CCCNC(c1cncc(C)c1)c1ccc(Cl)c(OC)c1. The van der Waals surface area contributed by atoms with Gasteiger partial charge in [0.05, 0.1) is 18.2 Å². The van der Waals surface area contributed by atoms with Crippen molar-refractivity contribution < 1.29 is 4.74 Å². The summed E-state index contributed by atoms with van der Waals surface area (Å²) in [5.74, 6) is 0.693. The number of nitrogens with one attached hydrogen (secondary N) is 1. The van der Waals surface area contributed by atoms with Gasteiger partial charge in [-0.25, -0.2) is 0 Å². The smallest absolute Gasteiger partial charge is 0.137 e. The highest BCUT2D eigenvalue weighted by molar-refractivity contribution is 6.32. The van der Waals surface area contributed by atoms with Gasteiger partial charge in [0.1, 0.15) is 5.75 Å². The molecular formula is C17H21ClN2O. The molecule has 2 aromatic rings. The molecule has 1 aromatic carbocycles. The van der Waals surface area contributed by atoms with E-state index in [9.17, 15) is 0 Å². The molecule has 0 amide bonds. The Morgan fingerprint density at radius 1 is 1.24 bits per heavy atom. The van der Waals surface area contributed by atoms with E-state index in [1.807, 2.05) is 30.6 Å². The molecule has 0 spiro atoms. The fourth-order valence-electron chi connectivity index (χ4n) is 2.31. The van der Waals surface area contributed by atoms with E-state index in [1.54, 1.807) is 7.11 Å². The zero-order chi connectivity index (χ0) is 15.2. The molecule has 4 heteroatoms. The van der Waals surface area contributed by atoms with Gasteiger partial charge in [-0.1, -0.05) is 30.7 Å². The van der Waals surface area contributed by atoms with Crippen molar-refractivity contribution in [3.8, 4) is 5.75 Å². The second kappa shape index (κ2) is 7.43. The molecule has 0 aliphatic rings. The minimum Gasteiger partial charge on any atom is -0.495 e. The van der Waals surface area contributed by atoms with Crippen LogP contribution in [0, 0.1) is 6.92 Å². The molecule has 0 fully saturated rings. The minimum absolute atomic E-state index is 0.0866. The van der Waals surface area contributed by atoms with Crippen LogP contribution in [0.1, 0.15) is 36.1 Å². The van der Waals surface area contributed by atoms with Gasteiger partial charge in [-0.3, -0.25) is 4.98 Å². The maximum absolute atomic E-state index is 6.12. The molecule has 0 saturated carbocycles. The van der Waals surface area contributed by atoms with Gasteiger partial charge in [0.2, 0.25) is 0 Å². The number of rotatable bonds is 6. The second-order valence-corrected chi connectivity index (χ2v) is 5.48. The molecule has 1 atom stereocenters. The van der Waals surface area contributed by atoms with Crippen LogP contribution in [0.25, 0.3) is 0 Å². The van der Waals surface area contributed by atoms with Crippen molar-refractivity contribution in [2.75, 3.05) is 13.7 Å². The maximum Gasteiger partial charge on any atom is 0.137 e. The third kappa shape index (κ3) is 3.96. The van der Waals surface area contributed by atoms with Gasteiger partial charge in [-0.05, 0) is 48.7 Å². The molecule has 3 nitrogen and oxygen atoms in total. The van der Waals surface area contributed by atoms with Gasteiger partial charge in [0.25, 0.3) is 0 Å². The number of pyridine rings is 1. The van der Waals surface area contributed by atoms with Gasteiger partial charge in [-0.15, -0.1) is 0 Å². The lowest BCUT2D eigenvalue weighted by Crippen LogP contribution is -2.23. The standard InChI is InChI=1S/C17H21ClN2O/c1-4-7-20-17(14-8-12(2)10-19-11-14)13-5-6-15(18)16(9-13)21-3/h5-6,8-11,17,20H,4,7H2,1-3H3. The number of methoxy groups -OCH3 is 1. The fraction of sp³-hybridized carbons (Fsp3) is 0.353. The summed E-state index contributed by atoms with van der Waals surface area (Å²) in [6.45, 7) is 5.14. The lowest BCUT2D eigenvalue weighted by molar-refractivity contribution is 0.414. The van der Waals surface area contributed by atoms with E-state index < -0.39 is 0 Å². The molecule has 0 radical (unpaired) electrons. The first-order valence-corrected chi connectivity index (χ1v) is 7.52. The molecule has 112 valence electrons. The van der Waals surface area contributed by atoms with Crippen LogP contribution in [-0.4, -0.2) is 18.6 Å². The number of hydrogen-bond acceptors (Lipinski definition) is 3. The van der Waals surface area contributed by atoms with Crippen molar-refractivity contribution in [1.82, 2.24) is 10.3 Å². The third-order valence-corrected chi connectivity index (χ3v) is 3.65. The van der Waals surface area contributed by atoms with Crippen LogP contribution >= 0.6 is 11.6 Å². The Bertz CT molecular complexity index is 601. The summed E-state index contributed by atoms with van der Waals surface area (Å²) in [4.78, 5) is 4.30. The lowest BCUT2D eigenvalue weighted by atomic mass is 9.98. The van der Waals surface area contributed by atoms with Crippen LogP contribution in [-0.2, 0) is 0 Å². The Hall–Kier alpha value is -1.58. The highest BCUT2D eigenvalue weighted by atomic mass is 35.5. The Labute approximate surface area is 131 Å². The number of aryl methyl sites for hydroxylation is 1. The maximum atomic E-state index is 6.12. The van der Waals surface area contributed by atoms with Crippen LogP contribution in [0.4, 0.5) is 0 Å². The number of benzene rings is 1. The lowest BCUT2D eigenvalue weighted by Gasteiger charge is -2.20. The molecule has 0 aliphatic carbocycles. The summed E-state index contributed by atoms with van der Waals surface area (Å²) in [6, 6.07) is 8.13. The molecule has 0 aliphatic heterocycles. The molecule has 21 heavy (non-hydrogen) atoms. The monoisotopic (exact) mass is 304 g/mol. The third-order valence-electron chi connectivity index (χ3n) is 3.34. The van der Waals surface area contributed by atoms with Crippen molar-refractivity contribution in [1.29, 1.82) is 0 Å². The molecule has 1 N–H and O–H groups in total. The summed E-state index contributed by atoms with van der Waals surface area (Å²) in [5, 5.41) is 4.18. The first kappa shape index (κ1) is 15.8. The van der Waals surface area contributed by atoms with Gasteiger partial charge < -0.3 is 10.1 Å². The van der Waals surface area contributed by atoms with E-state index in [2.05, 4.69) is 30.2 Å². The van der Waals surface area contributed by atoms with Gasteiger partial charge in [0.15, 0.2) is 0 Å². The normalized spacial score (nSPS) is 12.2. The Morgan fingerprint density at radius 3 is 2.71 bits per heavy atom. The fourth-order valence-corrected chi connectivity index (χ4v) is 2.50. The van der Waals surface area contributed by atoms with Crippen LogP contribution in [0.15, 0.2) is 36.7 Å². The van der Waals surface area contributed by atoms with Crippen molar-refractivity contribution in [3.05, 3.63) is 58.4 Å². The summed E-state index contributed by atoms with van der Waals surface area (Å²) < 4.78 is 5.32. The van der Waals surface area contributed by atoms with Crippen LogP contribution in [0.5, 0.6) is 5.75 Å². The molecule has 1 unspecified atom stereocenters. The predicted molar refractivity (Wildman–Crippen MR) is 87.1 cm³/mol. The topological polar surface area (TPSA) is 34.2 Å². The highest BCUT2D eigenvalue weighted by Crippen LogP contribution is 2.30. The zero-order valence-electron chi connectivity index (χ0n) is 12.7. The van der Waals surface area contributed by atoms with Crippen LogP contribution in [0.2, 0.25) is 5.02 Å². The number of halogens is 1. The van der Waals surface area contributed by atoms with E-state index in [1.165, 1.54) is 0 Å². The molecule has 0 saturated heterocycles. The Morgan fingerprint density at radius 2 is 2.05 bits per heavy atom. The van der Waals surface area contributed by atoms with Crippen molar-refractivity contribution in [3.63, 3.8) is 0 Å². The van der Waals surface area contributed by atoms with Gasteiger partial charge in [0, 0.05) is 12.4 Å². The van der Waals surface area contributed by atoms with Crippen LogP contribution in [0.3, 0.4) is 0 Å². The Kier molecular flexibility index (Phi) is 5.59. The quantitative estimate of drug-likeness (QED) is 0.871. The molecule has 0 bridgehead atoms. The van der Waals surface area contributed by atoms with E-state index in [0.29, 0.717) is 10.8 Å². The van der Waals surface area contributed by atoms with Gasteiger partial charge in [-0.2, -0.15) is 0 Å². The first-order valence-electron chi connectivity index (χ1n) is 7.14. The summed E-state index contributed by atoms with van der Waals surface area (Å²) >= 11 is 6.12. The summed E-state index contributed by atoms with van der Waals surface area (Å²) in [5.41, 5.74) is 3.42. The molecule has 1 heterocycles. The molecular weight excluding hydrogens is 284 g/mol. The van der Waals surface area contributed by atoms with Gasteiger partial charge >= 0.3 is 0 Å². The average Bonchev–Trinajstić information content (AvgIpc) is 2.49. The summed E-state index contributed by atoms with van der Waals surface area (Å²) in [7, 11) is 1.63. The zero-order valence-corrected chi connectivity index (χ0v) is 13.4. The number of nitrogens with zero attached hydrogens (tertiary/aromatic N) is 1. The largest absolute Gasteiger partial charge is 0.495 e. The second-order valence-electron chi connectivity index (χ2n) is 5.08. The predicted octanol–water partition coefficient (Wildman–Crippen LogP) is 4.14. The van der Waals surface area contributed by atoms with Crippen molar-refractivity contribution in [2.45, 2.75) is 26.3 Å². The van der Waals surface area contributed by atoms with Crippen molar-refractivity contribution >= 4 is 11.6 Å². The number of hydrogen-bond donors (Lipinski definition) is 1. The van der Waals surface area contributed by atoms with E-state index in [-0.39, 0.29) is 6.04 Å². The van der Waals surface area contributed by atoms with E-state index in [4.69, 9.17) is 16.3 Å². The van der Waals surface area contributed by atoms with Crippen molar-refractivity contribution in [2.24, 2.45) is 0 Å². The van der Waals surface area contributed by atoms with E-state index >= 15 is 0 Å². The summed E-state index contributed by atoms with van der Waals surface area (Å²) in [6.07, 6.45) is 4.84. The van der Waals surface area contributed by atoms with E-state index in [0.717, 1.165) is 29.7 Å². The minimum atomic E-state index is 0.0866. The van der Waals surface area contributed by atoms with Crippen LogP contribution < -0.4 is 10.1 Å². The molecule has 2 rings (SSSR count). The molecule has 1 aromatic heterocycles. The Balaban J connectivity index is 2.40. The average molecular weight is 305 g/mol. The highest BCUT2D eigenvalue weighted by Gasteiger charge is 2.15. The first-order chi connectivity index (χ1) is 10.2. The number of ether oxygens (including phenoxy) is 1. The number of aromatic nitrogens is 1.